The minimum atomic E-state index is -0.0979. The molecule has 0 saturated carbocycles. The van der Waals surface area contributed by atoms with E-state index in [0.717, 1.165) is 39.5 Å². The number of aromatic amines is 1. The Morgan fingerprint density at radius 2 is 1.93 bits per heavy atom. The third-order valence-corrected chi connectivity index (χ3v) is 6.00. The molecule has 0 spiro atoms. The summed E-state index contributed by atoms with van der Waals surface area (Å²) in [4.78, 5) is 31.8. The van der Waals surface area contributed by atoms with E-state index in [1.807, 2.05) is 55.5 Å². The van der Waals surface area contributed by atoms with Crippen molar-refractivity contribution in [2.24, 2.45) is 0 Å². The predicted octanol–water partition coefficient (Wildman–Crippen LogP) is 4.43. The van der Waals surface area contributed by atoms with Crippen LogP contribution in [0.3, 0.4) is 0 Å². The van der Waals surface area contributed by atoms with Crippen molar-refractivity contribution in [3.05, 3.63) is 69.6 Å². The summed E-state index contributed by atoms with van der Waals surface area (Å²) >= 11 is 1.41. The summed E-state index contributed by atoms with van der Waals surface area (Å²) < 4.78 is 7.55. The number of aromatic nitrogens is 3. The zero-order valence-electron chi connectivity index (χ0n) is 16.3. The Morgan fingerprint density at radius 1 is 1.17 bits per heavy atom. The number of Topliss-reactive ketones (excluding diaryl/α,β-unsaturated/α-hetero) is 1. The molecular weight excluding hydrogens is 386 g/mol. The highest BCUT2D eigenvalue weighted by Gasteiger charge is 2.12. The smallest absolute Gasteiger partial charge is 0.326 e. The average molecular weight is 407 g/mol. The average Bonchev–Trinajstić information content (AvgIpc) is 3.25. The molecule has 0 bridgehead atoms. The Balaban J connectivity index is 1.36. The first-order valence-electron chi connectivity index (χ1n) is 9.42. The second kappa shape index (κ2) is 8.05. The van der Waals surface area contributed by atoms with Gasteiger partial charge in [-0.25, -0.2) is 9.78 Å². The maximum Gasteiger partial charge on any atom is 0.326 e. The van der Waals surface area contributed by atoms with Crippen LogP contribution >= 0.6 is 11.3 Å². The van der Waals surface area contributed by atoms with Crippen molar-refractivity contribution in [3.8, 4) is 16.3 Å². The van der Waals surface area contributed by atoms with Gasteiger partial charge in [-0.15, -0.1) is 11.3 Å². The van der Waals surface area contributed by atoms with E-state index >= 15 is 0 Å². The molecule has 6 nitrogen and oxygen atoms in total. The van der Waals surface area contributed by atoms with E-state index in [1.54, 1.807) is 11.5 Å². The first kappa shape index (κ1) is 19.1. The highest BCUT2D eigenvalue weighted by atomic mass is 32.1. The molecule has 0 saturated heterocycles. The van der Waals surface area contributed by atoms with Gasteiger partial charge in [-0.1, -0.05) is 12.1 Å². The number of nitrogens with zero attached hydrogens (tertiary/aromatic N) is 2. The molecular formula is C22H21N3O3S. The molecule has 0 aliphatic heterocycles. The van der Waals surface area contributed by atoms with Crippen LogP contribution < -0.4 is 10.4 Å². The number of para-hydroxylation sites is 2. The first-order chi connectivity index (χ1) is 14.0. The minimum absolute atomic E-state index is 0.0421. The van der Waals surface area contributed by atoms with Gasteiger partial charge in [0.05, 0.1) is 28.2 Å². The van der Waals surface area contributed by atoms with Gasteiger partial charge in [0.15, 0.2) is 5.78 Å². The van der Waals surface area contributed by atoms with Crippen molar-refractivity contribution >= 4 is 28.2 Å². The number of hydrogen-bond acceptors (Lipinski definition) is 5. The Hall–Kier alpha value is -3.19. The molecule has 0 aliphatic carbocycles. The number of imidazole rings is 1. The molecule has 2 aromatic carbocycles. The number of thiazole rings is 1. The van der Waals surface area contributed by atoms with Crippen LogP contribution in [0.1, 0.15) is 28.7 Å². The van der Waals surface area contributed by atoms with Gasteiger partial charge in [-0.05, 0) is 49.7 Å². The fourth-order valence-electron chi connectivity index (χ4n) is 3.28. The monoisotopic (exact) mass is 407 g/mol. The van der Waals surface area contributed by atoms with E-state index in [9.17, 15) is 9.59 Å². The number of ketones is 1. The second-order valence-electron chi connectivity index (χ2n) is 6.82. The SMILES string of the molecule is CC(=O)c1sc(-c2ccc(OCCCn3c(=O)[nH]c4ccccc43)cc2)nc1C. The van der Waals surface area contributed by atoms with Gasteiger partial charge >= 0.3 is 5.69 Å². The Kier molecular flexibility index (Phi) is 5.31. The standard InChI is InChI=1S/C22H21N3O3S/c1-14-20(15(2)26)29-21(23-14)16-8-10-17(11-9-16)28-13-5-12-25-19-7-4-3-6-18(19)24-22(25)27/h3-4,6-11H,5,12-13H2,1-2H3,(H,24,27). The lowest BCUT2D eigenvalue weighted by Gasteiger charge is -2.07. The van der Waals surface area contributed by atoms with Gasteiger partial charge in [0.25, 0.3) is 0 Å². The van der Waals surface area contributed by atoms with Crippen molar-refractivity contribution in [2.75, 3.05) is 6.61 Å². The molecule has 29 heavy (non-hydrogen) atoms. The number of carbonyl (C=O) groups excluding carboxylic acids is 1. The van der Waals surface area contributed by atoms with Crippen LogP contribution in [-0.2, 0) is 6.54 Å². The van der Waals surface area contributed by atoms with E-state index < -0.39 is 0 Å². The normalized spacial score (nSPS) is 11.1. The van der Waals surface area contributed by atoms with Gasteiger partial charge in [0.1, 0.15) is 10.8 Å². The molecule has 1 N–H and O–H groups in total. The molecule has 2 aromatic heterocycles. The molecule has 0 amide bonds. The number of benzene rings is 2. The van der Waals surface area contributed by atoms with Gasteiger partial charge in [-0.3, -0.25) is 9.36 Å². The van der Waals surface area contributed by atoms with E-state index in [0.29, 0.717) is 18.0 Å². The molecule has 2 heterocycles. The lowest BCUT2D eigenvalue weighted by atomic mass is 10.2. The first-order valence-corrected chi connectivity index (χ1v) is 10.2. The van der Waals surface area contributed by atoms with Crippen molar-refractivity contribution < 1.29 is 9.53 Å². The van der Waals surface area contributed by atoms with Crippen molar-refractivity contribution in [2.45, 2.75) is 26.8 Å². The van der Waals surface area contributed by atoms with E-state index in [1.165, 1.54) is 11.3 Å². The summed E-state index contributed by atoms with van der Waals surface area (Å²) in [6, 6.07) is 15.4. The lowest BCUT2D eigenvalue weighted by molar-refractivity contribution is 0.102. The van der Waals surface area contributed by atoms with Crippen LogP contribution in [0.4, 0.5) is 0 Å². The predicted molar refractivity (Wildman–Crippen MR) is 115 cm³/mol. The molecule has 0 aliphatic rings. The molecule has 4 rings (SSSR count). The number of nitrogens with one attached hydrogen (secondary N) is 1. The topological polar surface area (TPSA) is 77.0 Å². The highest BCUT2D eigenvalue weighted by Crippen LogP contribution is 2.29. The number of ether oxygens (including phenoxy) is 1. The summed E-state index contributed by atoms with van der Waals surface area (Å²) in [5.74, 6) is 0.806. The van der Waals surface area contributed by atoms with Crippen LogP contribution in [0.2, 0.25) is 0 Å². The fourth-order valence-corrected chi connectivity index (χ4v) is 4.25. The molecule has 148 valence electrons. The summed E-state index contributed by atoms with van der Waals surface area (Å²) in [5, 5.41) is 0.831. The third kappa shape index (κ3) is 4.00. The Labute approximate surface area is 171 Å². The number of carbonyl (C=O) groups is 1. The van der Waals surface area contributed by atoms with E-state index in [2.05, 4.69) is 9.97 Å². The summed E-state index contributed by atoms with van der Waals surface area (Å²) in [5.41, 5.74) is 3.39. The zero-order valence-corrected chi connectivity index (χ0v) is 17.1. The number of H-pyrrole nitrogens is 1. The lowest BCUT2D eigenvalue weighted by Crippen LogP contribution is -2.18. The summed E-state index contributed by atoms with van der Waals surface area (Å²) in [6.45, 7) is 4.52. The minimum Gasteiger partial charge on any atom is -0.494 e. The maximum absolute atomic E-state index is 12.1. The van der Waals surface area contributed by atoms with Crippen molar-refractivity contribution in [1.29, 1.82) is 0 Å². The molecule has 0 atom stereocenters. The van der Waals surface area contributed by atoms with Gasteiger partial charge in [0, 0.05) is 19.0 Å². The molecule has 7 heteroatoms. The third-order valence-electron chi connectivity index (χ3n) is 4.69. The van der Waals surface area contributed by atoms with Crippen molar-refractivity contribution in [1.82, 2.24) is 14.5 Å². The van der Waals surface area contributed by atoms with E-state index in [4.69, 9.17) is 4.74 Å². The Bertz CT molecular complexity index is 1220. The van der Waals surface area contributed by atoms with Crippen LogP contribution in [-0.4, -0.2) is 26.9 Å². The fraction of sp³-hybridized carbons (Fsp3) is 0.227. The van der Waals surface area contributed by atoms with Crippen LogP contribution in [0.5, 0.6) is 5.75 Å². The highest BCUT2D eigenvalue weighted by molar-refractivity contribution is 7.17. The summed E-state index contributed by atoms with van der Waals surface area (Å²) in [7, 11) is 0. The largest absolute Gasteiger partial charge is 0.494 e. The van der Waals surface area contributed by atoms with Gasteiger partial charge < -0.3 is 9.72 Å². The number of hydrogen-bond donors (Lipinski definition) is 1. The van der Waals surface area contributed by atoms with Crippen molar-refractivity contribution in [3.63, 3.8) is 0 Å². The van der Waals surface area contributed by atoms with Gasteiger partial charge in [-0.2, -0.15) is 0 Å². The van der Waals surface area contributed by atoms with Gasteiger partial charge in [0.2, 0.25) is 0 Å². The molecule has 0 radical (unpaired) electrons. The molecule has 0 unspecified atom stereocenters. The van der Waals surface area contributed by atoms with Crippen LogP contribution in [0, 0.1) is 6.92 Å². The summed E-state index contributed by atoms with van der Waals surface area (Å²) in [6.07, 6.45) is 0.719. The van der Waals surface area contributed by atoms with E-state index in [-0.39, 0.29) is 11.5 Å². The molecule has 0 fully saturated rings. The second-order valence-corrected chi connectivity index (χ2v) is 7.81. The Morgan fingerprint density at radius 3 is 2.66 bits per heavy atom. The van der Waals surface area contributed by atoms with Crippen LogP contribution in [0.25, 0.3) is 21.6 Å². The number of rotatable bonds is 7. The maximum atomic E-state index is 12.1. The zero-order chi connectivity index (χ0) is 20.4. The molecule has 4 aromatic rings. The quantitative estimate of drug-likeness (QED) is 0.363. The van der Waals surface area contributed by atoms with Crippen LogP contribution in [0.15, 0.2) is 53.3 Å². The number of fused-ring (bicyclic) bond motifs is 1. The number of aryl methyl sites for hydroxylation is 2.